The van der Waals surface area contributed by atoms with E-state index < -0.39 is 0 Å². The molecule has 0 fully saturated rings. The van der Waals surface area contributed by atoms with E-state index in [9.17, 15) is 4.79 Å². The summed E-state index contributed by atoms with van der Waals surface area (Å²) in [5.41, 5.74) is 6.93. The number of fused-ring (bicyclic) bond motifs is 1. The number of hydrogen-bond acceptors (Lipinski definition) is 4. The van der Waals surface area contributed by atoms with Gasteiger partial charge in [0.2, 0.25) is 6.41 Å². The highest BCUT2D eigenvalue weighted by Crippen LogP contribution is 2.27. The maximum absolute atomic E-state index is 10.9. The minimum absolute atomic E-state index is 0.202. The second kappa shape index (κ2) is 9.88. The van der Waals surface area contributed by atoms with Crippen molar-refractivity contribution in [2.75, 3.05) is 13.2 Å². The third-order valence-corrected chi connectivity index (χ3v) is 4.69. The van der Waals surface area contributed by atoms with Gasteiger partial charge in [0.1, 0.15) is 24.6 Å². The highest BCUT2D eigenvalue weighted by molar-refractivity contribution is 5.88. The highest BCUT2D eigenvalue weighted by Gasteiger charge is 2.24. The number of nitrogens with one attached hydrogen (secondary N) is 1. The first-order chi connectivity index (χ1) is 13.7. The summed E-state index contributed by atoms with van der Waals surface area (Å²) >= 11 is 0. The monoisotopic (exact) mass is 378 g/mol. The molecule has 5 heteroatoms. The Morgan fingerprint density at radius 3 is 2.46 bits per heavy atom. The first-order valence-corrected chi connectivity index (χ1v) is 9.43. The third kappa shape index (κ3) is 4.88. The number of benzene rings is 3. The molecular formula is C23H26N2O3. The number of carbonyl (C=O) groups is 1. The Bertz CT molecular complexity index is 880. The van der Waals surface area contributed by atoms with E-state index in [0.29, 0.717) is 19.6 Å². The van der Waals surface area contributed by atoms with E-state index in [1.165, 1.54) is 0 Å². The van der Waals surface area contributed by atoms with Crippen molar-refractivity contribution >= 4 is 17.2 Å². The molecule has 0 unspecified atom stereocenters. The summed E-state index contributed by atoms with van der Waals surface area (Å²) < 4.78 is 12.3. The number of hydrogen-bond donors (Lipinski definition) is 2. The van der Waals surface area contributed by atoms with E-state index in [1.807, 2.05) is 67.6 Å². The molecule has 1 amide bonds. The average Bonchev–Trinajstić information content (AvgIpc) is 2.74. The van der Waals surface area contributed by atoms with Gasteiger partial charge in [-0.3, -0.25) is 4.79 Å². The van der Waals surface area contributed by atoms with Crippen LogP contribution in [0.15, 0.2) is 72.8 Å². The molecule has 3 N–H and O–H groups in total. The minimum Gasteiger partial charge on any atom is -0.490 e. The molecule has 0 radical (unpaired) electrons. The van der Waals surface area contributed by atoms with Gasteiger partial charge in [-0.15, -0.1) is 0 Å². The molecule has 0 saturated heterocycles. The third-order valence-electron chi connectivity index (χ3n) is 4.69. The standard InChI is InChI=1S/C23H26N2O3/c1-17(25-16-26)23(19-9-3-2-4-10-19)28-20(14-24)15-27-22-13-7-11-18-8-5-6-12-21(18)22/h2-13,16-17,20,23H,14-15,24H2,1H3,(H,25,26)/t17-,20-,23-/m0/s1. The van der Waals surface area contributed by atoms with E-state index in [1.54, 1.807) is 0 Å². The van der Waals surface area contributed by atoms with E-state index in [-0.39, 0.29) is 18.2 Å². The molecule has 28 heavy (non-hydrogen) atoms. The fourth-order valence-electron chi connectivity index (χ4n) is 3.20. The number of nitrogens with two attached hydrogens (primary N) is 1. The van der Waals surface area contributed by atoms with Crippen LogP contribution in [0.25, 0.3) is 10.8 Å². The molecule has 3 rings (SSSR count). The first-order valence-electron chi connectivity index (χ1n) is 9.43. The zero-order valence-electron chi connectivity index (χ0n) is 16.0. The summed E-state index contributed by atoms with van der Waals surface area (Å²) in [7, 11) is 0. The SMILES string of the molecule is C[C@H](NC=O)[C@H](O[C@@H](CN)COc1cccc2ccccc12)c1ccccc1. The van der Waals surface area contributed by atoms with Crippen LogP contribution in [0.4, 0.5) is 0 Å². The first kappa shape index (κ1) is 19.9. The Balaban J connectivity index is 1.73. The van der Waals surface area contributed by atoms with Crippen LogP contribution in [-0.4, -0.2) is 31.7 Å². The summed E-state index contributed by atoms with van der Waals surface area (Å²) in [5.74, 6) is 0.801. The fourth-order valence-corrected chi connectivity index (χ4v) is 3.20. The molecule has 146 valence electrons. The van der Waals surface area contributed by atoms with Gasteiger partial charge in [-0.2, -0.15) is 0 Å². The predicted octanol–water partition coefficient (Wildman–Crippen LogP) is 3.44. The Labute approximate surface area is 165 Å². The lowest BCUT2D eigenvalue weighted by Crippen LogP contribution is -2.38. The molecule has 0 spiro atoms. The van der Waals surface area contributed by atoms with Crippen molar-refractivity contribution in [2.24, 2.45) is 5.73 Å². The maximum Gasteiger partial charge on any atom is 0.207 e. The number of carbonyl (C=O) groups excluding carboxylic acids is 1. The smallest absolute Gasteiger partial charge is 0.207 e. The molecule has 0 heterocycles. The molecule has 0 aliphatic carbocycles. The summed E-state index contributed by atoms with van der Waals surface area (Å²) in [6, 6.07) is 23.6. The van der Waals surface area contributed by atoms with Crippen LogP contribution in [0.3, 0.4) is 0 Å². The van der Waals surface area contributed by atoms with E-state index in [2.05, 4.69) is 17.4 Å². The lowest BCUT2D eigenvalue weighted by atomic mass is 10.0. The van der Waals surface area contributed by atoms with Crippen molar-refractivity contribution in [1.82, 2.24) is 5.32 Å². The van der Waals surface area contributed by atoms with Crippen molar-refractivity contribution in [3.63, 3.8) is 0 Å². The van der Waals surface area contributed by atoms with Gasteiger partial charge in [0.15, 0.2) is 0 Å². The van der Waals surface area contributed by atoms with Gasteiger partial charge < -0.3 is 20.5 Å². The molecule has 0 bridgehead atoms. The molecular weight excluding hydrogens is 352 g/mol. The normalized spacial score (nSPS) is 14.2. The van der Waals surface area contributed by atoms with Crippen molar-refractivity contribution in [1.29, 1.82) is 0 Å². The zero-order valence-corrected chi connectivity index (χ0v) is 16.0. The predicted molar refractivity (Wildman–Crippen MR) is 111 cm³/mol. The van der Waals surface area contributed by atoms with Crippen molar-refractivity contribution in [3.05, 3.63) is 78.4 Å². The van der Waals surface area contributed by atoms with Gasteiger partial charge >= 0.3 is 0 Å². The van der Waals surface area contributed by atoms with Crippen LogP contribution in [0.1, 0.15) is 18.6 Å². The van der Waals surface area contributed by atoms with Gasteiger partial charge in [-0.05, 0) is 23.9 Å². The molecule has 0 aliphatic heterocycles. The summed E-state index contributed by atoms with van der Waals surface area (Å²) in [6.45, 7) is 2.54. The number of rotatable bonds is 10. The van der Waals surface area contributed by atoms with Crippen LogP contribution in [-0.2, 0) is 9.53 Å². The van der Waals surface area contributed by atoms with Gasteiger partial charge in [0, 0.05) is 11.9 Å². The van der Waals surface area contributed by atoms with E-state index in [4.69, 9.17) is 15.2 Å². The van der Waals surface area contributed by atoms with Gasteiger partial charge in [-0.25, -0.2) is 0 Å². The van der Waals surface area contributed by atoms with Crippen molar-refractivity contribution < 1.29 is 14.3 Å². The van der Waals surface area contributed by atoms with Crippen LogP contribution in [0.2, 0.25) is 0 Å². The Morgan fingerprint density at radius 1 is 1.00 bits per heavy atom. The lowest BCUT2D eigenvalue weighted by Gasteiger charge is -2.29. The lowest BCUT2D eigenvalue weighted by molar-refractivity contribution is -0.112. The quantitative estimate of drug-likeness (QED) is 0.530. The molecule has 3 atom stereocenters. The Kier molecular flexibility index (Phi) is 7.00. The number of ether oxygens (including phenoxy) is 2. The fraction of sp³-hybridized carbons (Fsp3) is 0.261. The van der Waals surface area contributed by atoms with Crippen molar-refractivity contribution in [2.45, 2.75) is 25.2 Å². The van der Waals surface area contributed by atoms with Gasteiger partial charge in [-0.1, -0.05) is 66.7 Å². The summed E-state index contributed by atoms with van der Waals surface area (Å²) in [4.78, 5) is 10.9. The molecule has 3 aromatic rings. The molecule has 0 saturated carbocycles. The van der Waals surface area contributed by atoms with E-state index >= 15 is 0 Å². The van der Waals surface area contributed by atoms with Gasteiger partial charge in [0.25, 0.3) is 0 Å². The van der Waals surface area contributed by atoms with Crippen molar-refractivity contribution in [3.8, 4) is 5.75 Å². The molecule has 0 aromatic heterocycles. The van der Waals surface area contributed by atoms with Gasteiger partial charge in [0.05, 0.1) is 6.04 Å². The minimum atomic E-state index is -0.323. The Morgan fingerprint density at radius 2 is 1.71 bits per heavy atom. The summed E-state index contributed by atoms with van der Waals surface area (Å²) in [6.07, 6.45) is 0.0461. The van der Waals surface area contributed by atoms with E-state index in [0.717, 1.165) is 22.1 Å². The zero-order chi connectivity index (χ0) is 19.8. The second-order valence-electron chi connectivity index (χ2n) is 6.69. The number of amides is 1. The summed E-state index contributed by atoms with van der Waals surface area (Å²) in [5, 5.41) is 4.96. The second-order valence-corrected chi connectivity index (χ2v) is 6.69. The molecule has 3 aromatic carbocycles. The molecule has 5 nitrogen and oxygen atoms in total. The van der Waals surface area contributed by atoms with Crippen LogP contribution < -0.4 is 15.8 Å². The Hall–Kier alpha value is -2.89. The average molecular weight is 378 g/mol. The topological polar surface area (TPSA) is 73.6 Å². The van der Waals surface area contributed by atoms with Crippen LogP contribution in [0.5, 0.6) is 5.75 Å². The maximum atomic E-state index is 10.9. The molecule has 0 aliphatic rings. The highest BCUT2D eigenvalue weighted by atomic mass is 16.5. The largest absolute Gasteiger partial charge is 0.490 e. The van der Waals surface area contributed by atoms with Crippen LogP contribution >= 0.6 is 0 Å². The van der Waals surface area contributed by atoms with Crippen LogP contribution in [0, 0.1) is 0 Å².